The molecule has 0 amide bonds. The molecule has 1 atom stereocenters. The summed E-state index contributed by atoms with van der Waals surface area (Å²) >= 11 is 3.43. The summed E-state index contributed by atoms with van der Waals surface area (Å²) in [6.07, 6.45) is -0.0466. The maximum atomic E-state index is 13.5. The first-order valence-electron chi connectivity index (χ1n) is 9.46. The first kappa shape index (κ1) is 22.7. The molecular weight excluding hydrogens is 484 g/mol. The first-order valence-corrected chi connectivity index (χ1v) is 13.4. The Hall–Kier alpha value is -1.96. The van der Waals surface area contributed by atoms with Gasteiger partial charge in [-0.3, -0.25) is 0 Å². The van der Waals surface area contributed by atoms with Crippen molar-refractivity contribution in [2.75, 3.05) is 5.75 Å². The van der Waals surface area contributed by atoms with E-state index in [4.69, 9.17) is 0 Å². The fourth-order valence-corrected chi connectivity index (χ4v) is 7.24. The normalized spacial score (nSPS) is 13.2. The van der Waals surface area contributed by atoms with Crippen LogP contribution in [0, 0.1) is 13.8 Å². The fourth-order valence-electron chi connectivity index (χ4n) is 3.23. The van der Waals surface area contributed by atoms with E-state index in [9.17, 15) is 16.8 Å². The van der Waals surface area contributed by atoms with Crippen LogP contribution in [0.25, 0.3) is 0 Å². The lowest BCUT2D eigenvalue weighted by Gasteiger charge is -2.20. The molecule has 0 aliphatic rings. The van der Waals surface area contributed by atoms with Gasteiger partial charge >= 0.3 is 0 Å². The van der Waals surface area contributed by atoms with E-state index < -0.39 is 24.9 Å². The molecule has 0 bridgehead atoms. The van der Waals surface area contributed by atoms with Crippen LogP contribution in [0.5, 0.6) is 0 Å². The van der Waals surface area contributed by atoms with Crippen molar-refractivity contribution >= 4 is 35.6 Å². The van der Waals surface area contributed by atoms with E-state index in [1.54, 1.807) is 72.8 Å². The summed E-state index contributed by atoms with van der Waals surface area (Å²) in [6.45, 7) is 3.77. The maximum absolute atomic E-state index is 13.5. The van der Waals surface area contributed by atoms with Crippen molar-refractivity contribution in [2.45, 2.75) is 35.3 Å². The Bertz CT molecular complexity index is 1230. The number of hydrogen-bond acceptors (Lipinski definition) is 4. The van der Waals surface area contributed by atoms with Gasteiger partial charge in [0.25, 0.3) is 0 Å². The topological polar surface area (TPSA) is 68.3 Å². The number of aryl methyl sites for hydroxylation is 2. The van der Waals surface area contributed by atoms with E-state index in [-0.39, 0.29) is 22.0 Å². The van der Waals surface area contributed by atoms with Crippen LogP contribution in [0.3, 0.4) is 0 Å². The van der Waals surface area contributed by atoms with Crippen LogP contribution >= 0.6 is 15.9 Å². The van der Waals surface area contributed by atoms with Crippen molar-refractivity contribution in [1.82, 2.24) is 0 Å². The molecule has 0 aliphatic carbocycles. The summed E-state index contributed by atoms with van der Waals surface area (Å²) in [5.41, 5.74) is 2.47. The molecule has 0 aromatic heterocycles. The molecule has 3 aromatic carbocycles. The molecular formula is C23H23BrO4S2. The Labute approximate surface area is 186 Å². The Balaban J connectivity index is 1.99. The van der Waals surface area contributed by atoms with E-state index in [0.717, 1.165) is 11.1 Å². The first-order chi connectivity index (χ1) is 14.1. The molecule has 1 unspecified atom stereocenters. The fraction of sp³-hybridized carbons (Fsp3) is 0.217. The van der Waals surface area contributed by atoms with Crippen LogP contribution in [0.2, 0.25) is 0 Å². The van der Waals surface area contributed by atoms with Gasteiger partial charge in [0.2, 0.25) is 0 Å². The third-order valence-electron chi connectivity index (χ3n) is 5.01. The molecule has 4 nitrogen and oxygen atoms in total. The average molecular weight is 507 g/mol. The number of benzene rings is 3. The van der Waals surface area contributed by atoms with Crippen molar-refractivity contribution in [3.05, 3.63) is 94.0 Å². The smallest absolute Gasteiger partial charge is 0.185 e. The molecule has 0 N–H and O–H groups in total. The highest BCUT2D eigenvalue weighted by Crippen LogP contribution is 2.36. The SMILES string of the molecule is Cc1ccc(S(=O)(=O)CCC(c2ccccc2Br)S(=O)(=O)c2ccc(C)cc2)cc1. The minimum absolute atomic E-state index is 0.0466. The van der Waals surface area contributed by atoms with Crippen LogP contribution in [0.4, 0.5) is 0 Å². The molecule has 0 spiro atoms. The Morgan fingerprint density at radius 1 is 0.733 bits per heavy atom. The van der Waals surface area contributed by atoms with Crippen molar-refractivity contribution in [1.29, 1.82) is 0 Å². The molecule has 30 heavy (non-hydrogen) atoms. The van der Waals surface area contributed by atoms with E-state index in [1.807, 2.05) is 13.8 Å². The van der Waals surface area contributed by atoms with Crippen LogP contribution < -0.4 is 0 Å². The summed E-state index contributed by atoms with van der Waals surface area (Å²) in [7, 11) is -7.42. The van der Waals surface area contributed by atoms with Gasteiger partial charge in [-0.05, 0) is 56.2 Å². The van der Waals surface area contributed by atoms with Crippen LogP contribution in [-0.2, 0) is 19.7 Å². The zero-order chi connectivity index (χ0) is 21.9. The number of halogens is 1. The lowest BCUT2D eigenvalue weighted by atomic mass is 10.1. The van der Waals surface area contributed by atoms with E-state index >= 15 is 0 Å². The van der Waals surface area contributed by atoms with Gasteiger partial charge in [-0.25, -0.2) is 16.8 Å². The van der Waals surface area contributed by atoms with Crippen molar-refractivity contribution in [3.63, 3.8) is 0 Å². The zero-order valence-electron chi connectivity index (χ0n) is 16.7. The quantitative estimate of drug-likeness (QED) is 0.427. The Kier molecular flexibility index (Phi) is 6.84. The molecule has 0 aliphatic heterocycles. The van der Waals surface area contributed by atoms with Gasteiger partial charge in [0.15, 0.2) is 19.7 Å². The average Bonchev–Trinajstić information content (AvgIpc) is 2.70. The second kappa shape index (κ2) is 9.04. The third kappa shape index (κ3) is 5.02. The molecule has 0 saturated carbocycles. The molecule has 7 heteroatoms. The molecule has 158 valence electrons. The molecule has 0 heterocycles. The number of rotatable bonds is 7. The number of sulfone groups is 2. The third-order valence-corrected chi connectivity index (χ3v) is 9.66. The lowest BCUT2D eigenvalue weighted by molar-refractivity contribution is 0.574. The van der Waals surface area contributed by atoms with Crippen LogP contribution in [0.15, 0.2) is 87.1 Å². The highest BCUT2D eigenvalue weighted by molar-refractivity contribution is 9.10. The summed E-state index contributed by atoms with van der Waals surface area (Å²) in [6, 6.07) is 20.3. The molecule has 0 fully saturated rings. The van der Waals surface area contributed by atoms with E-state index in [2.05, 4.69) is 15.9 Å². The lowest BCUT2D eigenvalue weighted by Crippen LogP contribution is -2.19. The van der Waals surface area contributed by atoms with Crippen molar-refractivity contribution in [3.8, 4) is 0 Å². The number of hydrogen-bond donors (Lipinski definition) is 0. The molecule has 3 rings (SSSR count). The minimum atomic E-state index is -3.80. The van der Waals surface area contributed by atoms with E-state index in [0.29, 0.717) is 10.0 Å². The highest BCUT2D eigenvalue weighted by atomic mass is 79.9. The summed E-state index contributed by atoms with van der Waals surface area (Å²) in [4.78, 5) is 0.383. The predicted molar refractivity (Wildman–Crippen MR) is 123 cm³/mol. The maximum Gasteiger partial charge on any atom is 0.185 e. The van der Waals surface area contributed by atoms with Gasteiger partial charge in [0.05, 0.1) is 20.8 Å². The highest BCUT2D eigenvalue weighted by Gasteiger charge is 2.32. The largest absolute Gasteiger partial charge is 0.224 e. The second-order valence-corrected chi connectivity index (χ2v) is 12.4. The Morgan fingerprint density at radius 2 is 1.23 bits per heavy atom. The summed E-state index contributed by atoms with van der Waals surface area (Å²) in [5, 5.41) is -0.990. The standard InChI is InChI=1S/C23H23BrO4S2/c1-17-7-11-19(12-8-17)29(25,26)16-15-23(21-5-3-4-6-22(21)24)30(27,28)20-13-9-18(2)10-14-20/h3-14,23H,15-16H2,1-2H3. The van der Waals surface area contributed by atoms with Gasteiger partial charge < -0.3 is 0 Å². The molecule has 0 radical (unpaired) electrons. The van der Waals surface area contributed by atoms with Gasteiger partial charge in [-0.2, -0.15) is 0 Å². The van der Waals surface area contributed by atoms with Crippen LogP contribution in [0.1, 0.15) is 28.4 Å². The predicted octanol–water partition coefficient (Wildman–Crippen LogP) is 5.44. The molecule has 3 aromatic rings. The summed E-state index contributed by atoms with van der Waals surface area (Å²) in [5.74, 6) is -0.271. The Morgan fingerprint density at radius 3 is 1.77 bits per heavy atom. The minimum Gasteiger partial charge on any atom is -0.224 e. The van der Waals surface area contributed by atoms with Crippen LogP contribution in [-0.4, -0.2) is 22.6 Å². The second-order valence-electron chi connectivity index (χ2n) is 7.29. The van der Waals surface area contributed by atoms with Crippen molar-refractivity contribution < 1.29 is 16.8 Å². The van der Waals surface area contributed by atoms with Gasteiger partial charge in [-0.1, -0.05) is 69.5 Å². The van der Waals surface area contributed by atoms with Crippen molar-refractivity contribution in [2.24, 2.45) is 0 Å². The zero-order valence-corrected chi connectivity index (χ0v) is 20.0. The molecule has 0 saturated heterocycles. The monoisotopic (exact) mass is 506 g/mol. The van der Waals surface area contributed by atoms with E-state index in [1.165, 1.54) is 0 Å². The van der Waals surface area contributed by atoms with Gasteiger partial charge in [0.1, 0.15) is 0 Å². The summed E-state index contributed by atoms with van der Waals surface area (Å²) < 4.78 is 53.3. The van der Waals surface area contributed by atoms with Gasteiger partial charge in [-0.15, -0.1) is 0 Å². The van der Waals surface area contributed by atoms with Gasteiger partial charge in [0, 0.05) is 4.47 Å².